The molecule has 0 amide bonds. The Kier molecular flexibility index (Phi) is 4.84. The number of rotatable bonds is 5. The fourth-order valence-corrected chi connectivity index (χ4v) is 3.03. The Labute approximate surface area is 170 Å². The Balaban J connectivity index is 1.82. The molecule has 6 nitrogen and oxygen atoms in total. The van der Waals surface area contributed by atoms with Crippen LogP contribution in [0.2, 0.25) is 5.02 Å². The first-order chi connectivity index (χ1) is 13.9. The van der Waals surface area contributed by atoms with Crippen molar-refractivity contribution in [3.05, 3.63) is 59.4 Å². The predicted molar refractivity (Wildman–Crippen MR) is 104 cm³/mol. The van der Waals surface area contributed by atoms with E-state index >= 15 is 0 Å². The molecule has 148 valence electrons. The van der Waals surface area contributed by atoms with E-state index in [4.69, 9.17) is 21.1 Å². The summed E-state index contributed by atoms with van der Waals surface area (Å²) in [5.41, 5.74) is 0.0937. The van der Waals surface area contributed by atoms with Gasteiger partial charge in [-0.1, -0.05) is 23.7 Å². The molecule has 1 aliphatic carbocycles. The first-order valence-corrected chi connectivity index (χ1v) is 9.20. The van der Waals surface area contributed by atoms with Crippen molar-refractivity contribution in [3.63, 3.8) is 0 Å². The number of hydrogen-bond donors (Lipinski definition) is 1. The fourth-order valence-electron chi connectivity index (χ4n) is 2.92. The lowest BCUT2D eigenvalue weighted by Gasteiger charge is -2.16. The molecule has 4 rings (SSSR count). The molecule has 0 unspecified atom stereocenters. The van der Waals surface area contributed by atoms with Crippen molar-refractivity contribution in [2.45, 2.75) is 18.4 Å². The number of para-hydroxylation sites is 1. The molecule has 0 radical (unpaired) electrons. The molecule has 0 bridgehead atoms. The van der Waals surface area contributed by atoms with Crippen LogP contribution in [0.5, 0.6) is 11.6 Å². The van der Waals surface area contributed by atoms with Gasteiger partial charge >= 0.3 is 5.97 Å². The molecule has 2 aromatic carbocycles. The summed E-state index contributed by atoms with van der Waals surface area (Å²) in [4.78, 5) is 20.8. The van der Waals surface area contributed by atoms with Gasteiger partial charge in [0.25, 0.3) is 0 Å². The Morgan fingerprint density at radius 2 is 1.93 bits per heavy atom. The molecule has 1 aliphatic rings. The van der Waals surface area contributed by atoms with Crippen LogP contribution in [0.1, 0.15) is 12.8 Å². The van der Waals surface area contributed by atoms with Crippen molar-refractivity contribution in [3.8, 4) is 34.3 Å². The van der Waals surface area contributed by atoms with Gasteiger partial charge in [-0.2, -0.15) is 4.98 Å². The average Bonchev–Trinajstić information content (AvgIpc) is 3.50. The molecule has 1 N–H and O–H groups in total. The molecule has 0 spiro atoms. The van der Waals surface area contributed by atoms with Gasteiger partial charge in [0, 0.05) is 30.0 Å². The molecule has 0 saturated heterocycles. The SMILES string of the molecule is COC(=O)C1(Oc2cc(-c3ccccc3O)nc(-c3ccc(Cl)c(F)c3)n2)CC1. The zero-order valence-electron chi connectivity index (χ0n) is 15.4. The number of aromatic hydroxyl groups is 1. The zero-order valence-corrected chi connectivity index (χ0v) is 16.1. The van der Waals surface area contributed by atoms with E-state index in [1.165, 1.54) is 31.4 Å². The number of phenolic OH excluding ortho intramolecular Hbond substituents is 1. The number of halogens is 2. The van der Waals surface area contributed by atoms with Crippen molar-refractivity contribution < 1.29 is 23.8 Å². The first kappa shape index (κ1) is 19.1. The molecule has 1 aromatic heterocycles. The maximum Gasteiger partial charge on any atom is 0.350 e. The van der Waals surface area contributed by atoms with Gasteiger partial charge in [0.2, 0.25) is 11.5 Å². The van der Waals surface area contributed by atoms with E-state index in [1.807, 2.05) is 0 Å². The molecule has 1 saturated carbocycles. The lowest BCUT2D eigenvalue weighted by atomic mass is 10.1. The number of phenols is 1. The highest BCUT2D eigenvalue weighted by Gasteiger charge is 2.54. The fraction of sp³-hybridized carbons (Fsp3) is 0.190. The Morgan fingerprint density at radius 1 is 1.17 bits per heavy atom. The normalized spacial score (nSPS) is 14.3. The van der Waals surface area contributed by atoms with Crippen LogP contribution in [-0.4, -0.2) is 33.8 Å². The van der Waals surface area contributed by atoms with E-state index in [0.29, 0.717) is 29.7 Å². The number of methoxy groups -OCH3 is 1. The van der Waals surface area contributed by atoms with Crippen LogP contribution in [0.3, 0.4) is 0 Å². The largest absolute Gasteiger partial charge is 0.507 e. The second kappa shape index (κ2) is 7.33. The maximum atomic E-state index is 14.0. The molecule has 3 aromatic rings. The minimum Gasteiger partial charge on any atom is -0.507 e. The first-order valence-electron chi connectivity index (χ1n) is 8.82. The lowest BCUT2D eigenvalue weighted by Crippen LogP contribution is -2.31. The minimum atomic E-state index is -1.08. The summed E-state index contributed by atoms with van der Waals surface area (Å²) in [6.07, 6.45) is 1.00. The topological polar surface area (TPSA) is 81.5 Å². The summed E-state index contributed by atoms with van der Waals surface area (Å²) in [7, 11) is 1.29. The lowest BCUT2D eigenvalue weighted by molar-refractivity contribution is -0.151. The molecule has 0 atom stereocenters. The number of hydrogen-bond acceptors (Lipinski definition) is 6. The van der Waals surface area contributed by atoms with Crippen molar-refractivity contribution in [1.29, 1.82) is 0 Å². The van der Waals surface area contributed by atoms with Gasteiger partial charge in [-0.25, -0.2) is 14.2 Å². The van der Waals surface area contributed by atoms with Crippen LogP contribution in [-0.2, 0) is 9.53 Å². The van der Waals surface area contributed by atoms with Crippen LogP contribution in [0.15, 0.2) is 48.5 Å². The van der Waals surface area contributed by atoms with Crippen LogP contribution >= 0.6 is 11.6 Å². The van der Waals surface area contributed by atoms with E-state index in [-0.39, 0.29) is 22.5 Å². The average molecular weight is 415 g/mol. The molecule has 29 heavy (non-hydrogen) atoms. The Bertz CT molecular complexity index is 1100. The summed E-state index contributed by atoms with van der Waals surface area (Å²) in [6, 6.07) is 12.3. The van der Waals surface area contributed by atoms with Crippen molar-refractivity contribution in [2.24, 2.45) is 0 Å². The third-order valence-corrected chi connectivity index (χ3v) is 4.93. The van der Waals surface area contributed by atoms with Crippen LogP contribution in [0, 0.1) is 5.82 Å². The highest BCUT2D eigenvalue weighted by molar-refractivity contribution is 6.30. The highest BCUT2D eigenvalue weighted by Crippen LogP contribution is 2.42. The summed E-state index contributed by atoms with van der Waals surface area (Å²) in [6.45, 7) is 0. The van der Waals surface area contributed by atoms with Gasteiger partial charge in [-0.15, -0.1) is 0 Å². The van der Waals surface area contributed by atoms with Crippen molar-refractivity contribution in [2.75, 3.05) is 7.11 Å². The van der Waals surface area contributed by atoms with Crippen molar-refractivity contribution >= 4 is 17.6 Å². The van der Waals surface area contributed by atoms with Gasteiger partial charge in [-0.3, -0.25) is 0 Å². The quantitative estimate of drug-likeness (QED) is 0.623. The second-order valence-corrected chi connectivity index (χ2v) is 7.06. The molecule has 1 fully saturated rings. The van der Waals surface area contributed by atoms with Gasteiger partial charge < -0.3 is 14.6 Å². The zero-order chi connectivity index (χ0) is 20.6. The smallest absolute Gasteiger partial charge is 0.350 e. The highest BCUT2D eigenvalue weighted by atomic mass is 35.5. The number of ether oxygens (including phenoxy) is 2. The Hall–Kier alpha value is -3.19. The van der Waals surface area contributed by atoms with Gasteiger partial charge in [-0.05, 0) is 30.3 Å². The molecular formula is C21H16ClFN2O4. The van der Waals surface area contributed by atoms with Gasteiger partial charge in [0.1, 0.15) is 11.6 Å². The van der Waals surface area contributed by atoms with Crippen molar-refractivity contribution in [1.82, 2.24) is 9.97 Å². The summed E-state index contributed by atoms with van der Waals surface area (Å²) >= 11 is 5.77. The molecular weight excluding hydrogens is 399 g/mol. The summed E-state index contributed by atoms with van der Waals surface area (Å²) in [5.74, 6) is -0.807. The van der Waals surface area contributed by atoms with E-state index in [1.54, 1.807) is 24.3 Å². The summed E-state index contributed by atoms with van der Waals surface area (Å²) in [5, 5.41) is 10.2. The molecule has 8 heteroatoms. The minimum absolute atomic E-state index is 0.0134. The standard InChI is InChI=1S/C21H16ClFN2O4/c1-28-20(27)21(8-9-21)29-18-11-16(13-4-2-3-5-17(13)26)24-19(25-18)12-6-7-14(22)15(23)10-12/h2-7,10-11,26H,8-9H2,1H3. The number of benzene rings is 2. The number of aromatic nitrogens is 2. The van der Waals surface area contributed by atoms with E-state index in [9.17, 15) is 14.3 Å². The predicted octanol–water partition coefficient (Wildman–Crippen LogP) is 4.39. The van der Waals surface area contributed by atoms with E-state index in [0.717, 1.165) is 0 Å². The van der Waals surface area contributed by atoms with Crippen LogP contribution < -0.4 is 4.74 Å². The van der Waals surface area contributed by atoms with Crippen LogP contribution in [0.4, 0.5) is 4.39 Å². The number of carbonyl (C=O) groups is 1. The Morgan fingerprint density at radius 3 is 2.59 bits per heavy atom. The molecule has 0 aliphatic heterocycles. The number of carbonyl (C=O) groups excluding carboxylic acids is 1. The second-order valence-electron chi connectivity index (χ2n) is 6.65. The number of nitrogens with zero attached hydrogens (tertiary/aromatic N) is 2. The monoisotopic (exact) mass is 414 g/mol. The maximum absolute atomic E-state index is 14.0. The van der Waals surface area contributed by atoms with Crippen LogP contribution in [0.25, 0.3) is 22.6 Å². The van der Waals surface area contributed by atoms with E-state index < -0.39 is 17.4 Å². The van der Waals surface area contributed by atoms with E-state index in [2.05, 4.69) is 9.97 Å². The van der Waals surface area contributed by atoms with Gasteiger partial charge in [0.05, 0.1) is 17.8 Å². The third kappa shape index (κ3) is 3.73. The number of esters is 1. The third-order valence-electron chi connectivity index (χ3n) is 4.62. The molecule has 1 heterocycles. The summed E-state index contributed by atoms with van der Waals surface area (Å²) < 4.78 is 24.6. The van der Waals surface area contributed by atoms with Gasteiger partial charge in [0.15, 0.2) is 5.82 Å².